The summed E-state index contributed by atoms with van der Waals surface area (Å²) in [5.74, 6) is 2.74. The molecular formula is C20H24N6. The predicted molar refractivity (Wildman–Crippen MR) is 104 cm³/mol. The van der Waals surface area contributed by atoms with Crippen molar-refractivity contribution >= 4 is 22.7 Å². The van der Waals surface area contributed by atoms with Gasteiger partial charge in [0.15, 0.2) is 0 Å². The SMILES string of the molecule is c1cnc2[nH]cc(C3CCN(c4cc(N5CCCC5)ncn4)CC3)c2c1. The molecule has 3 aromatic heterocycles. The van der Waals surface area contributed by atoms with Crippen LogP contribution in [0.3, 0.4) is 0 Å². The lowest BCUT2D eigenvalue weighted by atomic mass is 9.89. The summed E-state index contributed by atoms with van der Waals surface area (Å²) in [4.78, 5) is 21.5. The van der Waals surface area contributed by atoms with Crippen molar-refractivity contribution in [3.8, 4) is 0 Å². The van der Waals surface area contributed by atoms with Crippen molar-refractivity contribution in [2.24, 2.45) is 0 Å². The van der Waals surface area contributed by atoms with Gasteiger partial charge in [0, 0.05) is 50.0 Å². The van der Waals surface area contributed by atoms with Crippen molar-refractivity contribution in [1.29, 1.82) is 0 Å². The van der Waals surface area contributed by atoms with Gasteiger partial charge in [-0.2, -0.15) is 0 Å². The van der Waals surface area contributed by atoms with E-state index in [-0.39, 0.29) is 0 Å². The van der Waals surface area contributed by atoms with E-state index in [4.69, 9.17) is 0 Å². The van der Waals surface area contributed by atoms with E-state index in [1.54, 1.807) is 6.33 Å². The lowest BCUT2D eigenvalue weighted by Gasteiger charge is -2.33. The van der Waals surface area contributed by atoms with Crippen LogP contribution in [-0.2, 0) is 0 Å². The highest BCUT2D eigenvalue weighted by molar-refractivity contribution is 5.80. The van der Waals surface area contributed by atoms with Gasteiger partial charge in [0.05, 0.1) is 0 Å². The number of pyridine rings is 1. The highest BCUT2D eigenvalue weighted by atomic mass is 15.2. The van der Waals surface area contributed by atoms with Gasteiger partial charge in [-0.1, -0.05) is 0 Å². The topological polar surface area (TPSA) is 60.9 Å². The van der Waals surface area contributed by atoms with Gasteiger partial charge in [0.1, 0.15) is 23.6 Å². The van der Waals surface area contributed by atoms with Crippen molar-refractivity contribution in [2.45, 2.75) is 31.6 Å². The Morgan fingerprint density at radius 1 is 0.923 bits per heavy atom. The van der Waals surface area contributed by atoms with Crippen LogP contribution in [0.15, 0.2) is 36.9 Å². The maximum absolute atomic E-state index is 4.54. The van der Waals surface area contributed by atoms with E-state index in [2.05, 4.69) is 48.1 Å². The molecule has 6 heteroatoms. The third-order valence-electron chi connectivity index (χ3n) is 5.81. The van der Waals surface area contributed by atoms with Gasteiger partial charge in [-0.15, -0.1) is 0 Å². The summed E-state index contributed by atoms with van der Waals surface area (Å²) in [5, 5.41) is 1.27. The van der Waals surface area contributed by atoms with E-state index >= 15 is 0 Å². The zero-order valence-electron chi connectivity index (χ0n) is 14.9. The van der Waals surface area contributed by atoms with Crippen molar-refractivity contribution in [3.63, 3.8) is 0 Å². The van der Waals surface area contributed by atoms with Crippen LogP contribution >= 0.6 is 0 Å². The zero-order chi connectivity index (χ0) is 17.3. The molecule has 134 valence electrons. The molecule has 2 fully saturated rings. The first-order valence-corrected chi connectivity index (χ1v) is 9.62. The molecule has 0 aliphatic carbocycles. The molecule has 26 heavy (non-hydrogen) atoms. The molecule has 2 aliphatic heterocycles. The number of aromatic nitrogens is 4. The second-order valence-electron chi connectivity index (χ2n) is 7.33. The van der Waals surface area contributed by atoms with Gasteiger partial charge >= 0.3 is 0 Å². The molecule has 1 N–H and O–H groups in total. The molecule has 0 radical (unpaired) electrons. The Hall–Kier alpha value is -2.63. The molecule has 0 unspecified atom stereocenters. The number of hydrogen-bond acceptors (Lipinski definition) is 5. The first-order chi connectivity index (χ1) is 12.9. The first kappa shape index (κ1) is 15.6. The Labute approximate surface area is 153 Å². The molecular weight excluding hydrogens is 324 g/mol. The molecule has 2 aliphatic rings. The predicted octanol–water partition coefficient (Wildman–Crippen LogP) is 3.34. The Bertz CT molecular complexity index is 890. The minimum absolute atomic E-state index is 0.587. The van der Waals surface area contributed by atoms with Gasteiger partial charge in [0.2, 0.25) is 0 Å². The minimum atomic E-state index is 0.587. The van der Waals surface area contributed by atoms with Crippen LogP contribution in [0.1, 0.15) is 37.2 Å². The van der Waals surface area contributed by atoms with Gasteiger partial charge < -0.3 is 14.8 Å². The number of H-pyrrole nitrogens is 1. The highest BCUT2D eigenvalue weighted by Crippen LogP contribution is 2.34. The fraction of sp³-hybridized carbons (Fsp3) is 0.450. The molecule has 0 saturated carbocycles. The van der Waals surface area contributed by atoms with Crippen LogP contribution in [0.2, 0.25) is 0 Å². The van der Waals surface area contributed by atoms with Crippen molar-refractivity contribution < 1.29 is 0 Å². The number of anilines is 2. The van der Waals surface area contributed by atoms with Crippen LogP contribution in [0.25, 0.3) is 11.0 Å². The van der Waals surface area contributed by atoms with Crippen molar-refractivity contribution in [2.75, 3.05) is 36.0 Å². The van der Waals surface area contributed by atoms with E-state index in [1.807, 2.05) is 12.3 Å². The second-order valence-corrected chi connectivity index (χ2v) is 7.33. The van der Waals surface area contributed by atoms with Crippen LogP contribution < -0.4 is 9.80 Å². The van der Waals surface area contributed by atoms with Crippen LogP contribution in [0, 0.1) is 0 Å². The van der Waals surface area contributed by atoms with Gasteiger partial charge in [-0.05, 0) is 49.3 Å². The summed E-state index contributed by atoms with van der Waals surface area (Å²) in [6.45, 7) is 4.31. The summed E-state index contributed by atoms with van der Waals surface area (Å²) in [7, 11) is 0. The summed E-state index contributed by atoms with van der Waals surface area (Å²) in [5.41, 5.74) is 2.41. The molecule has 6 nitrogen and oxygen atoms in total. The molecule has 0 aromatic carbocycles. The van der Waals surface area contributed by atoms with E-state index in [0.717, 1.165) is 56.3 Å². The molecule has 0 amide bonds. The van der Waals surface area contributed by atoms with Crippen molar-refractivity contribution in [1.82, 2.24) is 19.9 Å². The third kappa shape index (κ3) is 2.79. The maximum atomic E-state index is 4.54. The largest absolute Gasteiger partial charge is 0.356 e. The fourth-order valence-corrected chi connectivity index (χ4v) is 4.36. The van der Waals surface area contributed by atoms with Gasteiger partial charge in [-0.3, -0.25) is 0 Å². The number of piperidine rings is 1. The van der Waals surface area contributed by atoms with E-state index in [9.17, 15) is 0 Å². The monoisotopic (exact) mass is 348 g/mol. The van der Waals surface area contributed by atoms with Crippen LogP contribution in [0.5, 0.6) is 0 Å². The molecule has 5 rings (SSSR count). The number of nitrogens with one attached hydrogen (secondary N) is 1. The lowest BCUT2D eigenvalue weighted by molar-refractivity contribution is 0.505. The van der Waals surface area contributed by atoms with Crippen LogP contribution in [0.4, 0.5) is 11.6 Å². The molecule has 2 saturated heterocycles. The minimum Gasteiger partial charge on any atom is -0.356 e. The van der Waals surface area contributed by atoms with Crippen LogP contribution in [-0.4, -0.2) is 46.1 Å². The smallest absolute Gasteiger partial charge is 0.137 e. The highest BCUT2D eigenvalue weighted by Gasteiger charge is 2.24. The van der Waals surface area contributed by atoms with E-state index in [0.29, 0.717) is 5.92 Å². The number of rotatable bonds is 3. The number of nitrogens with zero attached hydrogens (tertiary/aromatic N) is 5. The third-order valence-corrected chi connectivity index (χ3v) is 5.81. The molecule has 0 bridgehead atoms. The lowest BCUT2D eigenvalue weighted by Crippen LogP contribution is -2.33. The Balaban J connectivity index is 1.30. The van der Waals surface area contributed by atoms with E-state index in [1.165, 1.54) is 23.8 Å². The number of aromatic amines is 1. The number of hydrogen-bond donors (Lipinski definition) is 1. The molecule has 0 spiro atoms. The molecule has 5 heterocycles. The maximum Gasteiger partial charge on any atom is 0.137 e. The summed E-state index contributed by atoms with van der Waals surface area (Å²) < 4.78 is 0. The summed E-state index contributed by atoms with van der Waals surface area (Å²) >= 11 is 0. The fourth-order valence-electron chi connectivity index (χ4n) is 4.36. The second kappa shape index (κ2) is 6.59. The van der Waals surface area contributed by atoms with Crippen molar-refractivity contribution in [3.05, 3.63) is 42.5 Å². The average Bonchev–Trinajstić information content (AvgIpc) is 3.38. The Kier molecular flexibility index (Phi) is 3.96. The quantitative estimate of drug-likeness (QED) is 0.787. The molecule has 0 atom stereocenters. The molecule has 3 aromatic rings. The number of fused-ring (bicyclic) bond motifs is 1. The zero-order valence-corrected chi connectivity index (χ0v) is 14.9. The van der Waals surface area contributed by atoms with Gasteiger partial charge in [0.25, 0.3) is 0 Å². The summed E-state index contributed by atoms with van der Waals surface area (Å²) in [6.07, 6.45) is 10.5. The first-order valence-electron chi connectivity index (χ1n) is 9.62. The van der Waals surface area contributed by atoms with E-state index < -0.39 is 0 Å². The van der Waals surface area contributed by atoms with Gasteiger partial charge in [-0.25, -0.2) is 15.0 Å². The Morgan fingerprint density at radius 2 is 1.65 bits per heavy atom. The normalized spacial score (nSPS) is 18.8. The average molecular weight is 348 g/mol. The Morgan fingerprint density at radius 3 is 2.42 bits per heavy atom. The standard InChI is InChI=1S/C20H24N6/c1-2-9-25(8-1)18-12-19(24-14-23-18)26-10-5-15(6-11-26)17-13-22-20-16(17)4-3-7-21-20/h3-4,7,12-15H,1-2,5-6,8-11H2,(H,21,22). The summed E-state index contributed by atoms with van der Waals surface area (Å²) in [6, 6.07) is 6.37.